The van der Waals surface area contributed by atoms with Crippen LogP contribution in [0.5, 0.6) is 11.5 Å². The van der Waals surface area contributed by atoms with Gasteiger partial charge in [0.1, 0.15) is 12.4 Å². The summed E-state index contributed by atoms with van der Waals surface area (Å²) in [4.78, 5) is 17.9. The number of para-hydroxylation sites is 2. The Hall–Kier alpha value is -2.50. The number of ether oxygens (including phenoxy) is 2. The number of aromatic nitrogens is 2. The summed E-state index contributed by atoms with van der Waals surface area (Å²) in [6.07, 6.45) is 3.41. The molecule has 0 spiro atoms. The second kappa shape index (κ2) is 6.09. The van der Waals surface area contributed by atoms with Crippen molar-refractivity contribution in [2.45, 2.75) is 19.6 Å². The van der Waals surface area contributed by atoms with Crippen LogP contribution in [0.25, 0.3) is 0 Å². The van der Waals surface area contributed by atoms with Gasteiger partial charge in [-0.25, -0.2) is 4.98 Å². The quantitative estimate of drug-likeness (QED) is 0.861. The van der Waals surface area contributed by atoms with E-state index in [0.717, 1.165) is 17.3 Å². The van der Waals surface area contributed by atoms with Gasteiger partial charge in [0.2, 0.25) is 5.91 Å². The molecule has 0 fully saturated rings. The van der Waals surface area contributed by atoms with Gasteiger partial charge in [-0.3, -0.25) is 4.79 Å². The number of aryl methyl sites for hydroxylation is 1. The average molecular weight is 301 g/mol. The number of carbonyl (C=O) groups excluding carboxylic acids is 1. The molecule has 0 bridgehead atoms. The molecule has 3 rings (SSSR count). The summed E-state index contributed by atoms with van der Waals surface area (Å²) in [5.41, 5.74) is 0. The van der Waals surface area contributed by atoms with Gasteiger partial charge >= 0.3 is 0 Å². The van der Waals surface area contributed by atoms with E-state index in [1.165, 1.54) is 0 Å². The van der Waals surface area contributed by atoms with Crippen LogP contribution >= 0.6 is 0 Å². The van der Waals surface area contributed by atoms with Crippen LogP contribution in [0.3, 0.4) is 0 Å². The van der Waals surface area contributed by atoms with E-state index in [2.05, 4.69) is 4.98 Å². The van der Waals surface area contributed by atoms with Gasteiger partial charge in [-0.05, 0) is 12.1 Å². The van der Waals surface area contributed by atoms with Crippen LogP contribution in [-0.4, -0.2) is 39.6 Å². The zero-order chi connectivity index (χ0) is 15.5. The fourth-order valence-electron chi connectivity index (χ4n) is 2.42. The van der Waals surface area contributed by atoms with Crippen molar-refractivity contribution in [3.8, 4) is 11.5 Å². The van der Waals surface area contributed by atoms with Crippen molar-refractivity contribution in [2.75, 3.05) is 13.2 Å². The average Bonchev–Trinajstić information content (AvgIpc) is 2.91. The maximum Gasteiger partial charge on any atom is 0.219 e. The monoisotopic (exact) mass is 301 g/mol. The number of carbonyl (C=O) groups is 1. The van der Waals surface area contributed by atoms with Gasteiger partial charge in [0, 0.05) is 26.4 Å². The Bertz CT molecular complexity index is 668. The summed E-state index contributed by atoms with van der Waals surface area (Å²) in [5.74, 6) is 2.30. The molecule has 22 heavy (non-hydrogen) atoms. The first-order chi connectivity index (χ1) is 10.6. The molecule has 0 aliphatic carbocycles. The third-order valence-electron chi connectivity index (χ3n) is 3.69. The lowest BCUT2D eigenvalue weighted by Crippen LogP contribution is -2.42. The van der Waals surface area contributed by atoms with E-state index in [4.69, 9.17) is 9.47 Å². The predicted molar refractivity (Wildman–Crippen MR) is 80.7 cm³/mol. The van der Waals surface area contributed by atoms with Crippen LogP contribution in [0.1, 0.15) is 12.7 Å². The highest BCUT2D eigenvalue weighted by Crippen LogP contribution is 2.31. The van der Waals surface area contributed by atoms with Crippen LogP contribution in [-0.2, 0) is 18.4 Å². The Morgan fingerprint density at radius 1 is 1.41 bits per heavy atom. The highest BCUT2D eigenvalue weighted by Gasteiger charge is 2.24. The second-order valence-electron chi connectivity index (χ2n) is 5.35. The summed E-state index contributed by atoms with van der Waals surface area (Å²) in [7, 11) is 1.91. The molecular formula is C16H19N3O3. The van der Waals surface area contributed by atoms with Gasteiger partial charge in [-0.1, -0.05) is 12.1 Å². The molecule has 0 saturated carbocycles. The van der Waals surface area contributed by atoms with Gasteiger partial charge in [0.25, 0.3) is 0 Å². The smallest absolute Gasteiger partial charge is 0.219 e. The molecular weight excluding hydrogens is 282 g/mol. The number of imidazole rings is 1. The van der Waals surface area contributed by atoms with Crippen molar-refractivity contribution in [1.82, 2.24) is 14.5 Å². The fourth-order valence-corrected chi connectivity index (χ4v) is 2.42. The minimum absolute atomic E-state index is 0.00883. The molecule has 1 aromatic carbocycles. The van der Waals surface area contributed by atoms with Crippen LogP contribution in [0.2, 0.25) is 0 Å². The molecule has 0 N–H and O–H groups in total. The van der Waals surface area contributed by atoms with Crippen LogP contribution in [0, 0.1) is 0 Å². The van der Waals surface area contributed by atoms with Gasteiger partial charge < -0.3 is 18.9 Å². The maximum absolute atomic E-state index is 11.9. The highest BCUT2D eigenvalue weighted by molar-refractivity contribution is 5.73. The Morgan fingerprint density at radius 3 is 2.86 bits per heavy atom. The van der Waals surface area contributed by atoms with Crippen molar-refractivity contribution in [2.24, 2.45) is 7.05 Å². The summed E-state index contributed by atoms with van der Waals surface area (Å²) in [6.45, 7) is 2.92. The Morgan fingerprint density at radius 2 is 2.18 bits per heavy atom. The predicted octanol–water partition coefficient (Wildman–Crippen LogP) is 1.61. The van der Waals surface area contributed by atoms with Crippen molar-refractivity contribution in [3.63, 3.8) is 0 Å². The van der Waals surface area contributed by atoms with E-state index in [-0.39, 0.29) is 12.0 Å². The third-order valence-corrected chi connectivity index (χ3v) is 3.69. The van der Waals surface area contributed by atoms with Crippen molar-refractivity contribution >= 4 is 5.91 Å². The number of benzene rings is 1. The minimum Gasteiger partial charge on any atom is -0.486 e. The van der Waals surface area contributed by atoms with Crippen LogP contribution in [0.4, 0.5) is 0 Å². The lowest BCUT2D eigenvalue weighted by Gasteiger charge is -2.30. The van der Waals surface area contributed by atoms with Crippen molar-refractivity contribution in [1.29, 1.82) is 0 Å². The maximum atomic E-state index is 11.9. The van der Waals surface area contributed by atoms with E-state index < -0.39 is 0 Å². The molecule has 1 aliphatic heterocycles. The molecule has 0 unspecified atom stereocenters. The molecule has 1 aromatic heterocycles. The molecule has 0 radical (unpaired) electrons. The van der Waals surface area contributed by atoms with Crippen LogP contribution in [0.15, 0.2) is 36.7 Å². The zero-order valence-corrected chi connectivity index (χ0v) is 12.7. The summed E-state index contributed by atoms with van der Waals surface area (Å²) < 4.78 is 13.5. The molecule has 0 saturated heterocycles. The molecule has 1 amide bonds. The van der Waals surface area contributed by atoms with Gasteiger partial charge in [-0.15, -0.1) is 0 Å². The lowest BCUT2D eigenvalue weighted by atomic mass is 10.2. The van der Waals surface area contributed by atoms with Gasteiger partial charge in [0.15, 0.2) is 17.6 Å². The first kappa shape index (κ1) is 14.4. The molecule has 6 nitrogen and oxygen atoms in total. The second-order valence-corrected chi connectivity index (χ2v) is 5.35. The standard InChI is InChI=1S/C16H19N3O3/c1-12(20)19(10-16-17-7-8-18(16)2)9-13-11-21-14-5-3-4-6-15(14)22-13/h3-8,13H,9-11H2,1-2H3/t13-/m1/s1. The first-order valence-electron chi connectivity index (χ1n) is 7.23. The molecule has 2 aromatic rings. The molecule has 1 aliphatic rings. The molecule has 116 valence electrons. The van der Waals surface area contributed by atoms with E-state index in [9.17, 15) is 4.79 Å². The van der Waals surface area contributed by atoms with Gasteiger partial charge in [0.05, 0.1) is 13.1 Å². The summed E-state index contributed by atoms with van der Waals surface area (Å²) in [6, 6.07) is 7.56. The first-order valence-corrected chi connectivity index (χ1v) is 7.23. The zero-order valence-electron chi connectivity index (χ0n) is 12.7. The number of amides is 1. The van der Waals surface area contributed by atoms with E-state index in [1.54, 1.807) is 18.0 Å². The Labute approximate surface area is 129 Å². The van der Waals surface area contributed by atoms with Crippen molar-refractivity contribution < 1.29 is 14.3 Å². The van der Waals surface area contributed by atoms with E-state index >= 15 is 0 Å². The Kier molecular flexibility index (Phi) is 4.00. The largest absolute Gasteiger partial charge is 0.486 e. The molecule has 1 atom stereocenters. The number of fused-ring (bicyclic) bond motifs is 1. The lowest BCUT2D eigenvalue weighted by molar-refractivity contribution is -0.131. The number of hydrogen-bond donors (Lipinski definition) is 0. The van der Waals surface area contributed by atoms with Crippen molar-refractivity contribution in [3.05, 3.63) is 42.5 Å². The SMILES string of the molecule is CC(=O)N(Cc1nccn1C)C[C@@H]1COc2ccccc2O1. The minimum atomic E-state index is -0.181. The van der Waals surface area contributed by atoms with E-state index in [1.807, 2.05) is 42.1 Å². The third kappa shape index (κ3) is 3.05. The number of hydrogen-bond acceptors (Lipinski definition) is 4. The number of rotatable bonds is 4. The summed E-state index contributed by atoms with van der Waals surface area (Å²) >= 11 is 0. The number of nitrogens with zero attached hydrogens (tertiary/aromatic N) is 3. The van der Waals surface area contributed by atoms with Gasteiger partial charge in [-0.2, -0.15) is 0 Å². The summed E-state index contributed by atoms with van der Waals surface area (Å²) in [5, 5.41) is 0. The van der Waals surface area contributed by atoms with E-state index in [0.29, 0.717) is 19.7 Å². The fraction of sp³-hybridized carbons (Fsp3) is 0.375. The molecule has 2 heterocycles. The topological polar surface area (TPSA) is 56.6 Å². The molecule has 6 heteroatoms. The van der Waals surface area contributed by atoms with Crippen LogP contribution < -0.4 is 9.47 Å². The highest BCUT2D eigenvalue weighted by atomic mass is 16.6. The Balaban J connectivity index is 1.67. The normalized spacial score (nSPS) is 16.4.